The normalized spacial score (nSPS) is 15.3. The average Bonchev–Trinajstić information content (AvgIpc) is 4.16. The van der Waals surface area contributed by atoms with Crippen molar-refractivity contribution < 1.29 is 32.7 Å². The molecule has 2 aliphatic carbocycles. The summed E-state index contributed by atoms with van der Waals surface area (Å²) in [5.41, 5.74) is 17.1. The number of para-hydroxylation sites is 2. The van der Waals surface area contributed by atoms with Crippen molar-refractivity contribution in [2.24, 2.45) is 0 Å². The summed E-state index contributed by atoms with van der Waals surface area (Å²) >= 11 is 0. The van der Waals surface area contributed by atoms with Crippen LogP contribution in [-0.2, 0) is 39.3 Å². The first-order valence-corrected chi connectivity index (χ1v) is 24.5. The minimum Gasteiger partial charge on any atom is -0.509 e. The third-order valence-corrected chi connectivity index (χ3v) is 14.6. The van der Waals surface area contributed by atoms with Crippen LogP contribution in [0.2, 0.25) is 0 Å². The van der Waals surface area contributed by atoms with Gasteiger partial charge in [0.15, 0.2) is 0 Å². The van der Waals surface area contributed by atoms with E-state index in [1.54, 1.807) is 5.56 Å². The number of anilines is 4. The van der Waals surface area contributed by atoms with E-state index >= 15 is 0 Å². The first-order chi connectivity index (χ1) is 36.4. The molecule has 0 amide bonds. The Morgan fingerprint density at radius 2 is 1.30 bits per heavy atom. The molecule has 0 bridgehead atoms. The number of hydrogen-bond acceptors (Lipinski definition) is 4. The summed E-state index contributed by atoms with van der Waals surface area (Å²) in [6.07, 6.45) is 8.82. The number of benzene rings is 8. The summed E-state index contributed by atoms with van der Waals surface area (Å²) in [6, 6.07) is 55.9. The standard InChI is InChI=1S/C65H53N4O.Pt/c1-65(2,3)48-36-37-66-60(39-48)69-56-35-32-47(43-18-7-4-8-19-43)38-55(56)52-34-33-51(41-59(52)69)70-50-27-17-26-49(40-50)67-42-68(58-31-14-13-30-57(58)67)64-62(45-20-9-5-10-21-45)53-28-15-24-44-25-16-29-54(61(44)53)63(64)46-22-11-6-12-23-46;/h4-14,17-23,26-27,30-39,42,44H,15-16,24-25,28-29H2,1-3H3;/q-3;/i4D,7D,8D,18D,19D;. The van der Waals surface area contributed by atoms with Crippen LogP contribution in [-0.4, -0.2) is 9.55 Å². The van der Waals surface area contributed by atoms with Gasteiger partial charge in [0.1, 0.15) is 5.82 Å². The van der Waals surface area contributed by atoms with Crippen LogP contribution in [0.1, 0.15) is 81.5 Å². The Kier molecular flexibility index (Phi) is 10.1. The zero-order chi connectivity index (χ0) is 51.3. The number of pyridine rings is 1. The molecular weight excluding hydrogens is 1050 g/mol. The largest absolute Gasteiger partial charge is 0.509 e. The van der Waals surface area contributed by atoms with E-state index in [4.69, 9.17) is 16.6 Å². The average molecular weight is 1110 g/mol. The number of ether oxygens (including phenoxy) is 1. The molecule has 0 N–H and O–H groups in total. The van der Waals surface area contributed by atoms with Crippen molar-refractivity contribution in [3.8, 4) is 50.7 Å². The van der Waals surface area contributed by atoms with E-state index in [9.17, 15) is 0 Å². The molecule has 2 aromatic heterocycles. The van der Waals surface area contributed by atoms with Crippen LogP contribution in [0.4, 0.5) is 22.7 Å². The summed E-state index contributed by atoms with van der Waals surface area (Å²) in [5, 5.41) is 1.66. The number of rotatable bonds is 8. The zero-order valence-electron chi connectivity index (χ0n) is 44.8. The van der Waals surface area contributed by atoms with Gasteiger partial charge in [0.05, 0.1) is 6.85 Å². The van der Waals surface area contributed by atoms with Crippen LogP contribution in [0.5, 0.6) is 11.5 Å². The van der Waals surface area contributed by atoms with Crippen molar-refractivity contribution in [1.82, 2.24) is 9.55 Å². The molecule has 3 heterocycles. The van der Waals surface area contributed by atoms with Crippen LogP contribution >= 0.6 is 0 Å². The van der Waals surface area contributed by atoms with E-state index in [2.05, 4.69) is 151 Å². The van der Waals surface area contributed by atoms with Gasteiger partial charge in [-0.3, -0.25) is 0 Å². The zero-order valence-corrected chi connectivity index (χ0v) is 42.1. The number of hydrogen-bond donors (Lipinski definition) is 0. The van der Waals surface area contributed by atoms with Gasteiger partial charge >= 0.3 is 0 Å². The van der Waals surface area contributed by atoms with Crippen LogP contribution < -0.4 is 14.5 Å². The quantitative estimate of drug-likeness (QED) is 0.142. The van der Waals surface area contributed by atoms with Crippen molar-refractivity contribution in [1.29, 1.82) is 0 Å². The molecule has 10 aromatic rings. The van der Waals surface area contributed by atoms with Crippen molar-refractivity contribution >= 4 is 44.6 Å². The maximum Gasteiger partial charge on any atom is 0.135 e. The molecule has 0 fully saturated rings. The summed E-state index contributed by atoms with van der Waals surface area (Å²) in [6.45, 7) is 8.76. The number of fused-ring (bicyclic) bond motifs is 4. The second kappa shape index (κ2) is 18.2. The predicted octanol–water partition coefficient (Wildman–Crippen LogP) is 17.0. The van der Waals surface area contributed by atoms with E-state index in [1.165, 1.54) is 64.8 Å². The Morgan fingerprint density at radius 3 is 1.99 bits per heavy atom. The summed E-state index contributed by atoms with van der Waals surface area (Å²) in [5.74, 6) is 2.27. The van der Waals surface area contributed by atoms with E-state index < -0.39 is 6.04 Å². The molecule has 71 heavy (non-hydrogen) atoms. The van der Waals surface area contributed by atoms with Crippen molar-refractivity contribution in [2.45, 2.75) is 70.6 Å². The molecule has 1 aliphatic heterocycles. The monoisotopic (exact) mass is 1110 g/mol. The first kappa shape index (κ1) is 39.5. The van der Waals surface area contributed by atoms with Crippen LogP contribution in [0.3, 0.4) is 0 Å². The molecule has 5 nitrogen and oxygen atoms in total. The molecule has 13 rings (SSSR count). The van der Waals surface area contributed by atoms with E-state index in [0.717, 1.165) is 51.8 Å². The van der Waals surface area contributed by atoms with E-state index in [1.807, 2.05) is 54.7 Å². The Balaban J connectivity index is 0.00000582. The topological polar surface area (TPSA) is 33.5 Å². The van der Waals surface area contributed by atoms with Gasteiger partial charge < -0.3 is 19.1 Å². The molecule has 0 saturated heterocycles. The molecule has 0 atom stereocenters. The molecule has 0 unspecified atom stereocenters. The summed E-state index contributed by atoms with van der Waals surface area (Å²) in [7, 11) is 0. The number of aromatic nitrogens is 2. The van der Waals surface area contributed by atoms with Gasteiger partial charge in [-0.1, -0.05) is 141 Å². The molecule has 0 spiro atoms. The second-order valence-electron chi connectivity index (χ2n) is 19.8. The molecule has 352 valence electrons. The van der Waals surface area contributed by atoms with E-state index in [0.29, 0.717) is 34.3 Å². The third kappa shape index (κ3) is 7.86. The maximum atomic E-state index is 8.77. The third-order valence-electron chi connectivity index (χ3n) is 14.6. The Labute approximate surface area is 438 Å². The SMILES string of the molecule is [2H]c1c([2H])c([2H])c(-c2ccc3c(c2)c2ccc(Oc4[c-]c(N5[CH-]N(c6c(-c7ccccc7)c7c8c(c6-c6ccccc6)CCCC8CCC7)c6ccccc65)ccc4)[c-]c2n3-c2cc(C(C)(C)C)ccn2)c([2H])c1[2H].[Pt]. The van der Waals surface area contributed by atoms with Gasteiger partial charge in [0.25, 0.3) is 0 Å². The smallest absolute Gasteiger partial charge is 0.135 e. The van der Waals surface area contributed by atoms with Gasteiger partial charge in [0.2, 0.25) is 0 Å². The fourth-order valence-electron chi connectivity index (χ4n) is 11.4. The van der Waals surface area contributed by atoms with Gasteiger partial charge in [-0.05, 0) is 130 Å². The maximum absolute atomic E-state index is 8.77. The molecule has 0 saturated carbocycles. The second-order valence-corrected chi connectivity index (χ2v) is 19.8. The van der Waals surface area contributed by atoms with Crippen molar-refractivity contribution in [3.05, 3.63) is 223 Å². The Morgan fingerprint density at radius 1 is 0.634 bits per heavy atom. The van der Waals surface area contributed by atoms with Crippen LogP contribution in [0.25, 0.3) is 61.0 Å². The first-order valence-electron chi connectivity index (χ1n) is 27.0. The molecule has 8 aromatic carbocycles. The van der Waals surface area contributed by atoms with Gasteiger partial charge in [-0.15, -0.1) is 48.1 Å². The minimum absolute atomic E-state index is 0. The minimum atomic E-state index is -0.423. The molecule has 3 aliphatic rings. The molecular formula is C65H53N4OPt-3. The van der Waals surface area contributed by atoms with Crippen molar-refractivity contribution in [2.75, 3.05) is 9.80 Å². The Hall–Kier alpha value is -7.20. The molecule has 6 heteroatoms. The summed E-state index contributed by atoms with van der Waals surface area (Å²) < 4.78 is 51.4. The fourth-order valence-corrected chi connectivity index (χ4v) is 11.4. The summed E-state index contributed by atoms with van der Waals surface area (Å²) in [4.78, 5) is 9.55. The van der Waals surface area contributed by atoms with Gasteiger partial charge in [-0.25, -0.2) is 4.98 Å². The Bertz CT molecular complexity index is 3830. The van der Waals surface area contributed by atoms with Crippen LogP contribution in [0, 0.1) is 18.8 Å². The van der Waals surface area contributed by atoms with Gasteiger partial charge in [0, 0.05) is 72.5 Å². The molecule has 0 radical (unpaired) electrons. The van der Waals surface area contributed by atoms with E-state index in [-0.39, 0.29) is 56.2 Å². The predicted molar refractivity (Wildman–Crippen MR) is 288 cm³/mol. The van der Waals surface area contributed by atoms with Crippen molar-refractivity contribution in [3.63, 3.8) is 0 Å². The van der Waals surface area contributed by atoms with Gasteiger partial charge in [-0.2, -0.15) is 12.1 Å². The van der Waals surface area contributed by atoms with Crippen LogP contribution in [0.15, 0.2) is 182 Å². The fraction of sp³-hybridized carbons (Fsp3) is 0.169. The number of nitrogens with zero attached hydrogens (tertiary/aromatic N) is 4.